The number of aromatic amines is 1. The molecule has 30 heavy (non-hydrogen) atoms. The van der Waals surface area contributed by atoms with Crippen LogP contribution >= 0.6 is 0 Å². The van der Waals surface area contributed by atoms with E-state index in [-0.39, 0.29) is 17.6 Å². The molecule has 0 aliphatic carbocycles. The average molecular weight is 416 g/mol. The number of methoxy groups -OCH3 is 1. The molecule has 0 radical (unpaired) electrons. The molecule has 0 saturated carbocycles. The molecule has 3 aromatic rings. The zero-order valence-corrected chi connectivity index (χ0v) is 17.5. The second kappa shape index (κ2) is 7.30. The molecule has 1 N–H and O–H groups in total. The number of H-pyrrole nitrogens is 1. The lowest BCUT2D eigenvalue weighted by Gasteiger charge is -2.33. The van der Waals surface area contributed by atoms with Crippen molar-refractivity contribution in [1.29, 1.82) is 0 Å². The van der Waals surface area contributed by atoms with Gasteiger partial charge in [-0.25, -0.2) is 23.5 Å². The van der Waals surface area contributed by atoms with E-state index in [0.29, 0.717) is 29.8 Å². The summed E-state index contributed by atoms with van der Waals surface area (Å²) >= 11 is 0. The predicted molar refractivity (Wildman–Crippen MR) is 108 cm³/mol. The van der Waals surface area contributed by atoms with Crippen LogP contribution < -0.4 is 0 Å². The third-order valence-electron chi connectivity index (χ3n) is 5.32. The molecule has 1 fully saturated rings. The van der Waals surface area contributed by atoms with E-state index in [0.717, 1.165) is 24.5 Å². The smallest absolute Gasteiger partial charge is 0.410 e. The summed E-state index contributed by atoms with van der Waals surface area (Å²) in [7, 11) is 1.26. The van der Waals surface area contributed by atoms with Crippen LogP contribution in [0, 0.1) is 5.82 Å². The third kappa shape index (κ3) is 3.59. The maximum absolute atomic E-state index is 14.0. The number of esters is 1. The molecule has 3 heterocycles. The van der Waals surface area contributed by atoms with E-state index in [1.807, 2.05) is 27.0 Å². The van der Waals surface area contributed by atoms with Crippen molar-refractivity contribution in [1.82, 2.24) is 19.5 Å². The Morgan fingerprint density at radius 3 is 2.57 bits per heavy atom. The summed E-state index contributed by atoms with van der Waals surface area (Å²) in [6.45, 7) is 6.71. The number of likely N-dealkylation sites (tertiary alicyclic amines) is 1. The van der Waals surface area contributed by atoms with Gasteiger partial charge in [0.05, 0.1) is 18.2 Å². The van der Waals surface area contributed by atoms with Gasteiger partial charge in [-0.2, -0.15) is 0 Å². The molecule has 1 aliphatic heterocycles. The molecule has 8 nitrogen and oxygen atoms in total. The summed E-state index contributed by atoms with van der Waals surface area (Å²) in [4.78, 5) is 30.7. The Balaban J connectivity index is 1.61. The number of aromatic nitrogens is 3. The van der Waals surface area contributed by atoms with Gasteiger partial charge < -0.3 is 14.4 Å². The number of carbonyl (C=O) groups is 2. The zero-order valence-electron chi connectivity index (χ0n) is 17.5. The number of amides is 1. The van der Waals surface area contributed by atoms with Crippen LogP contribution in [0.1, 0.15) is 55.5 Å². The number of imidazole rings is 1. The Kier molecular flexibility index (Phi) is 4.91. The summed E-state index contributed by atoms with van der Waals surface area (Å²) in [6.07, 6.45) is 3.08. The van der Waals surface area contributed by atoms with Crippen molar-refractivity contribution in [2.75, 3.05) is 20.2 Å². The molecule has 9 heteroatoms. The second-order valence-electron chi connectivity index (χ2n) is 8.55. The molecule has 1 aromatic carbocycles. The first-order chi connectivity index (χ1) is 14.2. The SMILES string of the molecule is COC(=O)c1cc(F)cc2nc3c(C4CCN(C(=O)OC(C)(C)C)CC4)c[nH]n3c12. The third-order valence-corrected chi connectivity index (χ3v) is 5.32. The molecule has 0 unspecified atom stereocenters. The minimum Gasteiger partial charge on any atom is -0.465 e. The minimum atomic E-state index is -0.622. The Labute approximate surface area is 172 Å². The van der Waals surface area contributed by atoms with Gasteiger partial charge in [0.2, 0.25) is 0 Å². The quantitative estimate of drug-likeness (QED) is 0.641. The molecule has 1 amide bonds. The average Bonchev–Trinajstić information content (AvgIpc) is 3.24. The summed E-state index contributed by atoms with van der Waals surface area (Å²) in [5, 5.41) is 3.13. The van der Waals surface area contributed by atoms with E-state index in [4.69, 9.17) is 9.47 Å². The number of halogens is 1. The standard InChI is InChI=1S/C21H25FN4O4/c1-21(2,3)30-20(28)25-7-5-12(6-8-25)15-11-23-26-17-14(19(27)29-4)9-13(22)10-16(17)24-18(15)26/h9-12,23H,5-8H2,1-4H3. The normalized spacial score (nSPS) is 15.7. The van der Waals surface area contributed by atoms with E-state index in [1.165, 1.54) is 13.2 Å². The molecule has 0 spiro atoms. The fourth-order valence-corrected chi connectivity index (χ4v) is 3.96. The Bertz CT molecular complexity index is 1120. The first kappa shape index (κ1) is 20.2. The second-order valence-corrected chi connectivity index (χ2v) is 8.55. The number of rotatable bonds is 2. The number of hydrogen-bond acceptors (Lipinski definition) is 5. The largest absolute Gasteiger partial charge is 0.465 e. The highest BCUT2D eigenvalue weighted by Gasteiger charge is 2.30. The highest BCUT2D eigenvalue weighted by atomic mass is 19.1. The number of ether oxygens (including phenoxy) is 2. The molecular weight excluding hydrogens is 391 g/mol. The number of nitrogens with zero attached hydrogens (tertiary/aromatic N) is 3. The van der Waals surface area contributed by atoms with Gasteiger partial charge in [0.25, 0.3) is 0 Å². The van der Waals surface area contributed by atoms with E-state index < -0.39 is 17.4 Å². The van der Waals surface area contributed by atoms with Crippen LogP contribution in [0.15, 0.2) is 18.3 Å². The lowest BCUT2D eigenvalue weighted by atomic mass is 9.91. The van der Waals surface area contributed by atoms with Crippen molar-refractivity contribution in [3.8, 4) is 0 Å². The summed E-state index contributed by atoms with van der Waals surface area (Å²) in [6, 6.07) is 2.46. The van der Waals surface area contributed by atoms with Crippen molar-refractivity contribution < 1.29 is 23.5 Å². The van der Waals surface area contributed by atoms with Gasteiger partial charge in [0.1, 0.15) is 16.9 Å². The summed E-state index contributed by atoms with van der Waals surface area (Å²) in [5.74, 6) is -0.986. The molecular formula is C21H25FN4O4. The fourth-order valence-electron chi connectivity index (χ4n) is 3.96. The summed E-state index contributed by atoms with van der Waals surface area (Å²) < 4.78 is 25.9. The minimum absolute atomic E-state index is 0.119. The summed E-state index contributed by atoms with van der Waals surface area (Å²) in [5.41, 5.74) is 2.09. The van der Waals surface area contributed by atoms with E-state index in [1.54, 1.807) is 9.42 Å². The lowest BCUT2D eigenvalue weighted by molar-refractivity contribution is 0.0205. The van der Waals surface area contributed by atoms with Crippen molar-refractivity contribution >= 4 is 28.7 Å². The molecule has 4 rings (SSSR count). The maximum atomic E-state index is 14.0. The molecule has 1 aliphatic rings. The molecule has 2 aromatic heterocycles. The molecule has 0 bridgehead atoms. The van der Waals surface area contributed by atoms with Crippen LogP contribution in [0.25, 0.3) is 16.7 Å². The van der Waals surface area contributed by atoms with Crippen LogP contribution in [-0.2, 0) is 9.47 Å². The Hall–Kier alpha value is -3.10. The molecule has 0 atom stereocenters. The lowest BCUT2D eigenvalue weighted by Crippen LogP contribution is -2.41. The van der Waals surface area contributed by atoms with Gasteiger partial charge >= 0.3 is 12.1 Å². The van der Waals surface area contributed by atoms with Gasteiger partial charge in [0.15, 0.2) is 5.65 Å². The molecule has 1 saturated heterocycles. The number of nitrogens with one attached hydrogen (secondary N) is 1. The highest BCUT2D eigenvalue weighted by Crippen LogP contribution is 2.33. The van der Waals surface area contributed by atoms with Gasteiger partial charge in [0, 0.05) is 30.9 Å². The topological polar surface area (TPSA) is 88.9 Å². The van der Waals surface area contributed by atoms with Crippen molar-refractivity contribution in [2.45, 2.75) is 45.1 Å². The number of fused-ring (bicyclic) bond motifs is 3. The van der Waals surface area contributed by atoms with Crippen LogP contribution in [0.3, 0.4) is 0 Å². The van der Waals surface area contributed by atoms with E-state index >= 15 is 0 Å². The van der Waals surface area contributed by atoms with E-state index in [9.17, 15) is 14.0 Å². The number of carbonyl (C=O) groups excluding carboxylic acids is 2. The number of benzene rings is 1. The van der Waals surface area contributed by atoms with Gasteiger partial charge in [-0.05, 0) is 45.6 Å². The van der Waals surface area contributed by atoms with Crippen LogP contribution in [-0.4, -0.2) is 57.4 Å². The van der Waals surface area contributed by atoms with Crippen LogP contribution in [0.2, 0.25) is 0 Å². The number of piperidine rings is 1. The zero-order chi connectivity index (χ0) is 21.6. The molecule has 160 valence electrons. The van der Waals surface area contributed by atoms with Crippen LogP contribution in [0.5, 0.6) is 0 Å². The monoisotopic (exact) mass is 416 g/mol. The highest BCUT2D eigenvalue weighted by molar-refractivity contribution is 6.03. The Morgan fingerprint density at radius 2 is 1.93 bits per heavy atom. The first-order valence-corrected chi connectivity index (χ1v) is 9.93. The van der Waals surface area contributed by atoms with E-state index in [2.05, 4.69) is 10.1 Å². The van der Waals surface area contributed by atoms with Crippen molar-refractivity contribution in [3.63, 3.8) is 0 Å². The van der Waals surface area contributed by atoms with Crippen LogP contribution in [0.4, 0.5) is 9.18 Å². The van der Waals surface area contributed by atoms with Crippen molar-refractivity contribution in [2.24, 2.45) is 0 Å². The predicted octanol–water partition coefficient (Wildman–Crippen LogP) is 3.86. The Morgan fingerprint density at radius 1 is 1.23 bits per heavy atom. The maximum Gasteiger partial charge on any atom is 0.410 e. The fraction of sp³-hybridized carbons (Fsp3) is 0.476. The van der Waals surface area contributed by atoms with Gasteiger partial charge in [-0.15, -0.1) is 0 Å². The van der Waals surface area contributed by atoms with Gasteiger partial charge in [-0.1, -0.05) is 0 Å². The van der Waals surface area contributed by atoms with Gasteiger partial charge in [-0.3, -0.25) is 5.10 Å². The van der Waals surface area contributed by atoms with Crippen molar-refractivity contribution in [3.05, 3.63) is 35.3 Å². The number of hydrogen-bond donors (Lipinski definition) is 1. The first-order valence-electron chi connectivity index (χ1n) is 9.93.